The number of rotatable bonds is 6. The number of nitrogens with zero attached hydrogens (tertiary/aromatic N) is 3. The van der Waals surface area contributed by atoms with Crippen molar-refractivity contribution in [1.29, 1.82) is 0 Å². The summed E-state index contributed by atoms with van der Waals surface area (Å²) in [5.41, 5.74) is 5.05. The van der Waals surface area contributed by atoms with Gasteiger partial charge in [0.2, 0.25) is 5.88 Å². The molecule has 0 radical (unpaired) electrons. The Morgan fingerprint density at radius 1 is 1.03 bits per heavy atom. The number of hydrogen-bond acceptors (Lipinski definition) is 7. The second-order valence-electron chi connectivity index (χ2n) is 7.66. The average molecular weight is 396 g/mol. The Morgan fingerprint density at radius 2 is 1.79 bits per heavy atom. The van der Waals surface area contributed by atoms with Crippen molar-refractivity contribution in [1.82, 2.24) is 15.4 Å². The van der Waals surface area contributed by atoms with Crippen LogP contribution in [-0.4, -0.2) is 46.9 Å². The first-order valence-electron chi connectivity index (χ1n) is 10.0. The maximum absolute atomic E-state index is 10.0. The van der Waals surface area contributed by atoms with Gasteiger partial charge in [-0.15, -0.1) is 5.53 Å². The number of likely N-dealkylation sites (tertiary alicyclic amines) is 1. The molecule has 0 amide bonds. The minimum absolute atomic E-state index is 0.0104. The first-order chi connectivity index (χ1) is 14.1. The van der Waals surface area contributed by atoms with E-state index in [-0.39, 0.29) is 11.5 Å². The lowest BCUT2D eigenvalue weighted by Gasteiger charge is -2.32. The molecule has 2 aromatic rings. The van der Waals surface area contributed by atoms with Crippen LogP contribution in [0.2, 0.25) is 0 Å². The monoisotopic (exact) mass is 396 g/mol. The summed E-state index contributed by atoms with van der Waals surface area (Å²) in [5.74, 6) is 1.22. The molecule has 0 spiro atoms. The molecule has 7 heteroatoms. The number of anilines is 1. The van der Waals surface area contributed by atoms with E-state index in [1.165, 1.54) is 6.07 Å². The predicted octanol–water partition coefficient (Wildman–Crippen LogP) is 3.00. The minimum Gasteiger partial charge on any atom is -0.504 e. The van der Waals surface area contributed by atoms with Crippen molar-refractivity contribution in [3.63, 3.8) is 0 Å². The van der Waals surface area contributed by atoms with Gasteiger partial charge in [-0.2, -0.15) is 0 Å². The molecule has 0 bridgehead atoms. The Hall–Kier alpha value is -2.90. The first-order valence-corrected chi connectivity index (χ1v) is 10.0. The molecule has 2 aliphatic heterocycles. The van der Waals surface area contributed by atoms with Crippen LogP contribution in [-0.2, 0) is 11.3 Å². The van der Waals surface area contributed by atoms with Crippen molar-refractivity contribution < 1.29 is 14.9 Å². The molecular formula is C22H28N4O3. The summed E-state index contributed by atoms with van der Waals surface area (Å²) in [6.45, 7) is 3.22. The van der Waals surface area contributed by atoms with Crippen LogP contribution >= 0.6 is 0 Å². The van der Waals surface area contributed by atoms with Crippen LogP contribution in [0.3, 0.4) is 0 Å². The molecule has 154 valence electrons. The summed E-state index contributed by atoms with van der Waals surface area (Å²) in [7, 11) is 1.95. The quantitative estimate of drug-likeness (QED) is 0.649. The third-order valence-corrected chi connectivity index (χ3v) is 5.46. The molecule has 1 fully saturated rings. The molecule has 0 atom stereocenters. The summed E-state index contributed by atoms with van der Waals surface area (Å²) in [4.78, 5) is 2.31. The molecule has 29 heavy (non-hydrogen) atoms. The Balaban J connectivity index is 1.28. The van der Waals surface area contributed by atoms with Gasteiger partial charge in [0.15, 0.2) is 11.5 Å². The number of piperidine rings is 1. The number of hydrazine groups is 2. The van der Waals surface area contributed by atoms with Gasteiger partial charge in [0.05, 0.1) is 18.5 Å². The van der Waals surface area contributed by atoms with Gasteiger partial charge in [0.25, 0.3) is 0 Å². The molecule has 0 aliphatic carbocycles. The number of phenolic OH excluding ortho intramolecular Hbond substituents is 2. The van der Waals surface area contributed by atoms with Gasteiger partial charge in [-0.05, 0) is 50.0 Å². The molecule has 3 N–H and O–H groups in total. The molecular weight excluding hydrogens is 368 g/mol. The smallest absolute Gasteiger partial charge is 0.228 e. The van der Waals surface area contributed by atoms with E-state index in [1.807, 2.05) is 59.7 Å². The highest BCUT2D eigenvalue weighted by atomic mass is 16.5. The Morgan fingerprint density at radius 3 is 2.55 bits per heavy atom. The molecule has 4 rings (SSSR count). The van der Waals surface area contributed by atoms with E-state index >= 15 is 0 Å². The third-order valence-electron chi connectivity index (χ3n) is 5.46. The van der Waals surface area contributed by atoms with Crippen LogP contribution in [0.4, 0.5) is 5.69 Å². The summed E-state index contributed by atoms with van der Waals surface area (Å²) in [6, 6.07) is 15.2. The number of phenols is 2. The Bertz CT molecular complexity index is 850. The highest BCUT2D eigenvalue weighted by molar-refractivity contribution is 5.50. The SMILES string of the molecule is CN1C=C(OCC2CCN(Cc3cccc(O)c3O)CC2)N(c2ccccc2)N1. The van der Waals surface area contributed by atoms with Crippen LogP contribution in [0.15, 0.2) is 60.6 Å². The van der Waals surface area contributed by atoms with E-state index in [1.54, 1.807) is 6.07 Å². The van der Waals surface area contributed by atoms with E-state index < -0.39 is 0 Å². The van der Waals surface area contributed by atoms with Crippen LogP contribution in [0.25, 0.3) is 0 Å². The molecule has 1 saturated heterocycles. The van der Waals surface area contributed by atoms with Gasteiger partial charge in [-0.3, -0.25) is 9.91 Å². The van der Waals surface area contributed by atoms with Gasteiger partial charge in [-0.1, -0.05) is 30.3 Å². The van der Waals surface area contributed by atoms with Gasteiger partial charge in [0, 0.05) is 19.2 Å². The van der Waals surface area contributed by atoms with E-state index in [0.29, 0.717) is 19.1 Å². The number of benzene rings is 2. The fourth-order valence-electron chi connectivity index (χ4n) is 3.78. The molecule has 7 nitrogen and oxygen atoms in total. The zero-order valence-electron chi connectivity index (χ0n) is 16.7. The minimum atomic E-state index is -0.0582. The number of nitrogens with one attached hydrogen (secondary N) is 1. The van der Waals surface area contributed by atoms with Crippen LogP contribution < -0.4 is 10.5 Å². The van der Waals surface area contributed by atoms with Crippen molar-refractivity contribution in [3.05, 3.63) is 66.2 Å². The van der Waals surface area contributed by atoms with E-state index in [4.69, 9.17) is 4.74 Å². The summed E-state index contributed by atoms with van der Waals surface area (Å²) in [5, 5.41) is 23.5. The van der Waals surface area contributed by atoms with E-state index in [0.717, 1.165) is 43.1 Å². The lowest BCUT2D eigenvalue weighted by molar-refractivity contribution is 0.101. The Kier molecular flexibility index (Phi) is 5.78. The molecule has 2 aliphatic rings. The third kappa shape index (κ3) is 4.58. The molecule has 2 aromatic carbocycles. The molecule has 0 aromatic heterocycles. The average Bonchev–Trinajstić information content (AvgIpc) is 3.12. The van der Waals surface area contributed by atoms with Gasteiger partial charge >= 0.3 is 0 Å². The lowest BCUT2D eigenvalue weighted by atomic mass is 9.97. The number of aromatic hydroxyl groups is 2. The standard InChI is InChI=1S/C22H28N4O3/c1-24-15-21(26(23-24)19-7-3-2-4-8-19)29-16-17-10-12-25(13-11-17)14-18-6-5-9-20(27)22(18)28/h2-9,15,17,23,27-28H,10-14,16H2,1H3. The molecule has 2 heterocycles. The number of para-hydroxylation sites is 2. The van der Waals surface area contributed by atoms with Crippen molar-refractivity contribution in [3.8, 4) is 11.5 Å². The highest BCUT2D eigenvalue weighted by Crippen LogP contribution is 2.30. The normalized spacial score (nSPS) is 18.2. The maximum atomic E-state index is 10.0. The van der Waals surface area contributed by atoms with Crippen molar-refractivity contribution in [2.45, 2.75) is 19.4 Å². The zero-order valence-corrected chi connectivity index (χ0v) is 16.7. The first kappa shape index (κ1) is 19.4. The predicted molar refractivity (Wildman–Crippen MR) is 112 cm³/mol. The summed E-state index contributed by atoms with van der Waals surface area (Å²) < 4.78 is 6.16. The van der Waals surface area contributed by atoms with Crippen molar-refractivity contribution in [2.24, 2.45) is 5.92 Å². The second kappa shape index (κ2) is 8.63. The Labute approximate surface area is 171 Å². The van der Waals surface area contributed by atoms with Gasteiger partial charge in [0.1, 0.15) is 0 Å². The van der Waals surface area contributed by atoms with E-state index in [9.17, 15) is 10.2 Å². The highest BCUT2D eigenvalue weighted by Gasteiger charge is 2.25. The van der Waals surface area contributed by atoms with Crippen LogP contribution in [0.5, 0.6) is 11.5 Å². The fraction of sp³-hybridized carbons (Fsp3) is 0.364. The lowest BCUT2D eigenvalue weighted by Crippen LogP contribution is -2.39. The fourth-order valence-corrected chi connectivity index (χ4v) is 3.78. The maximum Gasteiger partial charge on any atom is 0.228 e. The molecule has 0 unspecified atom stereocenters. The summed E-state index contributed by atoms with van der Waals surface area (Å²) >= 11 is 0. The van der Waals surface area contributed by atoms with Crippen molar-refractivity contribution in [2.75, 3.05) is 31.8 Å². The second-order valence-corrected chi connectivity index (χ2v) is 7.66. The largest absolute Gasteiger partial charge is 0.504 e. The van der Waals surface area contributed by atoms with E-state index in [2.05, 4.69) is 10.4 Å². The van der Waals surface area contributed by atoms with Gasteiger partial charge < -0.3 is 14.9 Å². The van der Waals surface area contributed by atoms with Crippen LogP contribution in [0.1, 0.15) is 18.4 Å². The zero-order chi connectivity index (χ0) is 20.2. The summed E-state index contributed by atoms with van der Waals surface area (Å²) in [6.07, 6.45) is 4.04. The number of hydrogen-bond donors (Lipinski definition) is 3. The van der Waals surface area contributed by atoms with Crippen molar-refractivity contribution >= 4 is 5.69 Å². The topological polar surface area (TPSA) is 71.4 Å². The van der Waals surface area contributed by atoms with Crippen LogP contribution in [0, 0.1) is 5.92 Å². The molecule has 0 saturated carbocycles. The van der Waals surface area contributed by atoms with Gasteiger partial charge in [-0.25, -0.2) is 5.01 Å². The number of ether oxygens (including phenoxy) is 1.